The zero-order valence-corrected chi connectivity index (χ0v) is 10.3. The summed E-state index contributed by atoms with van der Waals surface area (Å²) in [5.74, 6) is 0.264. The number of aryl methyl sites for hydroxylation is 1. The van der Waals surface area contributed by atoms with Crippen LogP contribution in [-0.2, 0) is 16.6 Å². The van der Waals surface area contributed by atoms with Gasteiger partial charge in [-0.25, -0.2) is 0 Å². The molecule has 17 heavy (non-hydrogen) atoms. The molecule has 1 saturated carbocycles. The predicted octanol–water partition coefficient (Wildman–Crippen LogP) is 2.03. The highest BCUT2D eigenvalue weighted by Gasteiger charge is 2.45. The van der Waals surface area contributed by atoms with Crippen LogP contribution in [0.1, 0.15) is 31.2 Å². The van der Waals surface area contributed by atoms with E-state index in [-0.39, 0.29) is 11.9 Å². The Morgan fingerprint density at radius 3 is 3.12 bits per heavy atom. The van der Waals surface area contributed by atoms with Crippen molar-refractivity contribution < 1.29 is 9.53 Å². The van der Waals surface area contributed by atoms with Crippen LogP contribution in [0.2, 0.25) is 0 Å². The molecule has 0 radical (unpaired) electrons. The molecule has 2 rings (SSSR count). The van der Waals surface area contributed by atoms with Crippen molar-refractivity contribution in [2.75, 3.05) is 6.61 Å². The van der Waals surface area contributed by atoms with Crippen LogP contribution in [0.4, 0.5) is 0 Å². The molecule has 0 aromatic carbocycles. The first-order valence-corrected chi connectivity index (χ1v) is 6.02. The van der Waals surface area contributed by atoms with E-state index in [1.807, 2.05) is 31.6 Å². The maximum absolute atomic E-state index is 11.7. The van der Waals surface area contributed by atoms with Gasteiger partial charge < -0.3 is 4.74 Å². The van der Waals surface area contributed by atoms with E-state index in [9.17, 15) is 4.79 Å². The molecule has 0 saturated heterocycles. The van der Waals surface area contributed by atoms with E-state index in [0.717, 1.165) is 18.4 Å². The minimum Gasteiger partial charge on any atom is -0.461 e. The summed E-state index contributed by atoms with van der Waals surface area (Å²) in [5, 5.41) is 4.11. The molecule has 0 bridgehead atoms. The van der Waals surface area contributed by atoms with E-state index in [2.05, 4.69) is 12.0 Å². The molecular formula is C13H18N2O2. The predicted molar refractivity (Wildman–Crippen MR) is 64.4 cm³/mol. The molecule has 1 aliphatic rings. The number of allylic oxidation sites excluding steroid dienone is 1. The molecule has 0 aliphatic heterocycles. The van der Waals surface area contributed by atoms with Crippen molar-refractivity contribution in [3.05, 3.63) is 30.1 Å². The zero-order chi connectivity index (χ0) is 12.3. The lowest BCUT2D eigenvalue weighted by atomic mass is 10.2. The second kappa shape index (κ2) is 5.17. The van der Waals surface area contributed by atoms with Gasteiger partial charge in [-0.1, -0.05) is 19.1 Å². The average Bonchev–Trinajstić information content (AvgIpc) is 3.01. The Balaban J connectivity index is 1.78. The Bertz CT molecular complexity index is 423. The monoisotopic (exact) mass is 234 g/mol. The van der Waals surface area contributed by atoms with E-state index in [1.165, 1.54) is 0 Å². The number of carbonyl (C=O) groups excluding carboxylic acids is 1. The van der Waals surface area contributed by atoms with Gasteiger partial charge in [-0.15, -0.1) is 0 Å². The first kappa shape index (κ1) is 11.9. The van der Waals surface area contributed by atoms with Gasteiger partial charge in [-0.3, -0.25) is 9.48 Å². The van der Waals surface area contributed by atoms with Crippen molar-refractivity contribution >= 4 is 5.97 Å². The second-order valence-electron chi connectivity index (χ2n) is 4.41. The van der Waals surface area contributed by atoms with Crippen LogP contribution in [0, 0.1) is 5.92 Å². The van der Waals surface area contributed by atoms with Crippen LogP contribution in [0.25, 0.3) is 0 Å². The molecule has 2 atom stereocenters. The second-order valence-corrected chi connectivity index (χ2v) is 4.41. The lowest BCUT2D eigenvalue weighted by molar-refractivity contribution is -0.144. The van der Waals surface area contributed by atoms with Crippen molar-refractivity contribution in [2.24, 2.45) is 13.0 Å². The lowest BCUT2D eigenvalue weighted by Gasteiger charge is -2.00. The van der Waals surface area contributed by atoms with Crippen molar-refractivity contribution in [3.63, 3.8) is 0 Å². The van der Waals surface area contributed by atoms with Gasteiger partial charge >= 0.3 is 5.97 Å². The Morgan fingerprint density at radius 2 is 2.47 bits per heavy atom. The van der Waals surface area contributed by atoms with E-state index in [1.54, 1.807) is 4.68 Å². The van der Waals surface area contributed by atoms with Gasteiger partial charge in [0.2, 0.25) is 0 Å². The topological polar surface area (TPSA) is 44.1 Å². The number of hydrogen-bond donors (Lipinski definition) is 0. The molecule has 1 heterocycles. The average molecular weight is 234 g/mol. The van der Waals surface area contributed by atoms with Crippen LogP contribution in [0.3, 0.4) is 0 Å². The molecule has 1 aliphatic carbocycles. The summed E-state index contributed by atoms with van der Waals surface area (Å²) in [4.78, 5) is 11.7. The first-order chi connectivity index (χ1) is 8.22. The summed E-state index contributed by atoms with van der Waals surface area (Å²) in [6.45, 7) is 2.45. The number of aromatic nitrogens is 2. The molecule has 0 N–H and O–H groups in total. The fourth-order valence-corrected chi connectivity index (χ4v) is 1.93. The fraction of sp³-hybridized carbons (Fsp3) is 0.538. The number of ether oxygens (including phenoxy) is 1. The number of carbonyl (C=O) groups is 1. The van der Waals surface area contributed by atoms with Gasteiger partial charge in [0.1, 0.15) is 6.61 Å². The normalized spacial score (nSPS) is 22.9. The molecule has 1 fully saturated rings. The van der Waals surface area contributed by atoms with Crippen molar-refractivity contribution in [2.45, 2.75) is 25.7 Å². The summed E-state index contributed by atoms with van der Waals surface area (Å²) in [7, 11) is 1.88. The minimum atomic E-state index is -0.0837. The van der Waals surface area contributed by atoms with E-state index >= 15 is 0 Å². The Hall–Kier alpha value is -1.58. The minimum absolute atomic E-state index is 0.0363. The molecule has 92 valence electrons. The largest absolute Gasteiger partial charge is 0.461 e. The smallest absolute Gasteiger partial charge is 0.309 e. The third-order valence-electron chi connectivity index (χ3n) is 2.97. The molecular weight excluding hydrogens is 216 g/mol. The van der Waals surface area contributed by atoms with Gasteiger partial charge in [0.25, 0.3) is 0 Å². The molecule has 1 aromatic rings. The van der Waals surface area contributed by atoms with Crippen LogP contribution in [0.5, 0.6) is 0 Å². The van der Waals surface area contributed by atoms with Crippen LogP contribution in [0.15, 0.2) is 24.5 Å². The quantitative estimate of drug-likeness (QED) is 0.578. The van der Waals surface area contributed by atoms with Crippen LogP contribution >= 0.6 is 0 Å². The third-order valence-corrected chi connectivity index (χ3v) is 2.97. The van der Waals surface area contributed by atoms with Crippen molar-refractivity contribution in [3.8, 4) is 0 Å². The van der Waals surface area contributed by atoms with Gasteiger partial charge in [-0.2, -0.15) is 5.10 Å². The Morgan fingerprint density at radius 1 is 1.65 bits per heavy atom. The summed E-state index contributed by atoms with van der Waals surface area (Å²) in [6.07, 6.45) is 9.54. The first-order valence-electron chi connectivity index (χ1n) is 6.02. The van der Waals surface area contributed by atoms with Crippen molar-refractivity contribution in [1.29, 1.82) is 0 Å². The molecule has 4 heteroatoms. The molecule has 0 spiro atoms. The number of rotatable bonds is 5. The van der Waals surface area contributed by atoms with E-state index in [4.69, 9.17) is 4.74 Å². The summed E-state index contributed by atoms with van der Waals surface area (Å²) in [6, 6.07) is 0. The Kier molecular flexibility index (Phi) is 3.61. The number of nitrogens with zero attached hydrogens (tertiary/aromatic N) is 2. The maximum atomic E-state index is 11.7. The molecule has 4 nitrogen and oxygen atoms in total. The van der Waals surface area contributed by atoms with E-state index < -0.39 is 0 Å². The standard InChI is InChI=1S/C13H18N2O2/c1-3-4-5-6-17-13(16)12-7-11(12)10-8-14-15(2)9-10/h4-5,8-9,11-12H,3,6-7H2,1-2H3/b5-4-/t11-,12-/m1/s1. The van der Waals surface area contributed by atoms with Crippen molar-refractivity contribution in [1.82, 2.24) is 9.78 Å². The summed E-state index contributed by atoms with van der Waals surface area (Å²) >= 11 is 0. The highest BCUT2D eigenvalue weighted by Crippen LogP contribution is 2.47. The van der Waals surface area contributed by atoms with Crippen LogP contribution in [-0.4, -0.2) is 22.4 Å². The lowest BCUT2D eigenvalue weighted by Crippen LogP contribution is -2.07. The Labute approximate surface area is 101 Å². The third kappa shape index (κ3) is 2.96. The fourth-order valence-electron chi connectivity index (χ4n) is 1.93. The number of esters is 1. The van der Waals surface area contributed by atoms with E-state index in [0.29, 0.717) is 12.5 Å². The van der Waals surface area contributed by atoms with Gasteiger partial charge in [0.05, 0.1) is 12.1 Å². The maximum Gasteiger partial charge on any atom is 0.309 e. The van der Waals surface area contributed by atoms with Gasteiger partial charge in [0, 0.05) is 19.2 Å². The molecule has 0 amide bonds. The summed E-state index contributed by atoms with van der Waals surface area (Å²) < 4.78 is 6.94. The SMILES string of the molecule is CC/C=C\COC(=O)[C@@H]1C[C@@H]1c1cnn(C)c1. The molecule has 0 unspecified atom stereocenters. The molecule has 1 aromatic heterocycles. The number of hydrogen-bond acceptors (Lipinski definition) is 3. The van der Waals surface area contributed by atoms with Gasteiger partial charge in [-0.05, 0) is 18.4 Å². The van der Waals surface area contributed by atoms with Crippen LogP contribution < -0.4 is 0 Å². The highest BCUT2D eigenvalue weighted by atomic mass is 16.5. The highest BCUT2D eigenvalue weighted by molar-refractivity contribution is 5.77. The zero-order valence-electron chi connectivity index (χ0n) is 10.3. The summed E-state index contributed by atoms with van der Waals surface area (Å²) in [5.41, 5.74) is 1.14. The van der Waals surface area contributed by atoms with Gasteiger partial charge in [0.15, 0.2) is 0 Å².